The first-order valence-corrected chi connectivity index (χ1v) is 5.58. The number of anilines is 1. The van der Waals surface area contributed by atoms with E-state index in [2.05, 4.69) is 10.6 Å². The van der Waals surface area contributed by atoms with Crippen LogP contribution in [-0.2, 0) is 0 Å². The minimum atomic E-state index is -0.803. The van der Waals surface area contributed by atoms with Gasteiger partial charge in [0.25, 0.3) is 0 Å². The fourth-order valence-corrected chi connectivity index (χ4v) is 1.95. The van der Waals surface area contributed by atoms with E-state index in [1.54, 1.807) is 0 Å². The van der Waals surface area contributed by atoms with Crippen molar-refractivity contribution in [3.63, 3.8) is 0 Å². The summed E-state index contributed by atoms with van der Waals surface area (Å²) in [5.41, 5.74) is 0.102. The van der Waals surface area contributed by atoms with E-state index in [1.165, 1.54) is 12.1 Å². The van der Waals surface area contributed by atoms with Crippen molar-refractivity contribution in [1.82, 2.24) is 5.32 Å². The maximum absolute atomic E-state index is 13.1. The molecule has 1 heterocycles. The second kappa shape index (κ2) is 5.09. The Hall–Kier alpha value is -1.69. The number of rotatable bonds is 3. The van der Waals surface area contributed by atoms with Crippen LogP contribution in [0.5, 0.6) is 0 Å². The molecule has 0 bridgehead atoms. The molecule has 1 atom stereocenters. The van der Waals surface area contributed by atoms with E-state index >= 15 is 0 Å². The highest BCUT2D eigenvalue weighted by Gasteiger charge is 2.17. The number of nitro benzene ring substituents is 1. The van der Waals surface area contributed by atoms with E-state index in [1.807, 2.05) is 0 Å². The summed E-state index contributed by atoms with van der Waals surface area (Å²) in [5, 5.41) is 17.0. The average molecular weight is 239 g/mol. The average Bonchev–Trinajstić information content (AvgIpc) is 2.32. The first-order chi connectivity index (χ1) is 8.16. The molecule has 1 aliphatic heterocycles. The molecule has 1 saturated heterocycles. The van der Waals surface area contributed by atoms with Crippen LogP contribution in [0.3, 0.4) is 0 Å². The van der Waals surface area contributed by atoms with Crippen molar-refractivity contribution in [2.45, 2.75) is 18.9 Å². The molecule has 1 fully saturated rings. The van der Waals surface area contributed by atoms with Crippen LogP contribution in [0.2, 0.25) is 0 Å². The van der Waals surface area contributed by atoms with Crippen LogP contribution in [0.1, 0.15) is 12.8 Å². The largest absolute Gasteiger partial charge is 0.381 e. The molecular weight excluding hydrogens is 225 g/mol. The Bertz CT molecular complexity index is 419. The maximum atomic E-state index is 13.1. The molecule has 1 aromatic rings. The van der Waals surface area contributed by atoms with Crippen LogP contribution in [0.4, 0.5) is 15.8 Å². The molecule has 0 radical (unpaired) electrons. The van der Waals surface area contributed by atoms with E-state index < -0.39 is 16.4 Å². The van der Waals surface area contributed by atoms with Crippen molar-refractivity contribution in [1.29, 1.82) is 0 Å². The zero-order chi connectivity index (χ0) is 12.3. The molecule has 0 aliphatic carbocycles. The van der Waals surface area contributed by atoms with Gasteiger partial charge in [-0.2, -0.15) is 4.39 Å². The highest BCUT2D eigenvalue weighted by Crippen LogP contribution is 2.22. The first kappa shape index (κ1) is 11.8. The highest BCUT2D eigenvalue weighted by molar-refractivity contribution is 5.52. The summed E-state index contributed by atoms with van der Waals surface area (Å²) in [7, 11) is 0. The summed E-state index contributed by atoms with van der Waals surface area (Å²) in [4.78, 5) is 9.88. The fourth-order valence-electron chi connectivity index (χ4n) is 1.95. The molecule has 2 N–H and O–H groups in total. The highest BCUT2D eigenvalue weighted by atomic mass is 19.1. The van der Waals surface area contributed by atoms with Gasteiger partial charge in [0.2, 0.25) is 5.82 Å². The Balaban J connectivity index is 2.10. The summed E-state index contributed by atoms with van der Waals surface area (Å²) >= 11 is 0. The molecule has 1 aliphatic rings. The third-order valence-corrected chi connectivity index (χ3v) is 2.81. The van der Waals surface area contributed by atoms with Gasteiger partial charge in [-0.05, 0) is 31.5 Å². The van der Waals surface area contributed by atoms with Crippen LogP contribution >= 0.6 is 0 Å². The van der Waals surface area contributed by atoms with E-state index in [4.69, 9.17) is 0 Å². The topological polar surface area (TPSA) is 67.2 Å². The smallest absolute Gasteiger partial charge is 0.306 e. The summed E-state index contributed by atoms with van der Waals surface area (Å²) in [6.07, 6.45) is 2.08. The lowest BCUT2D eigenvalue weighted by Crippen LogP contribution is -2.38. The second-order valence-corrected chi connectivity index (χ2v) is 4.11. The van der Waals surface area contributed by atoms with E-state index in [0.717, 1.165) is 32.0 Å². The van der Waals surface area contributed by atoms with Gasteiger partial charge < -0.3 is 10.6 Å². The number of benzene rings is 1. The molecule has 17 heavy (non-hydrogen) atoms. The maximum Gasteiger partial charge on any atom is 0.306 e. The second-order valence-electron chi connectivity index (χ2n) is 4.11. The van der Waals surface area contributed by atoms with Gasteiger partial charge in [0, 0.05) is 24.3 Å². The van der Waals surface area contributed by atoms with Gasteiger partial charge >= 0.3 is 5.69 Å². The minimum Gasteiger partial charge on any atom is -0.381 e. The van der Waals surface area contributed by atoms with Crippen molar-refractivity contribution in [2.24, 2.45) is 0 Å². The van der Waals surface area contributed by atoms with E-state index in [9.17, 15) is 14.5 Å². The monoisotopic (exact) mass is 239 g/mol. The Labute approximate surface area is 98.2 Å². The van der Waals surface area contributed by atoms with Gasteiger partial charge in [-0.1, -0.05) is 0 Å². The van der Waals surface area contributed by atoms with Crippen molar-refractivity contribution < 1.29 is 9.31 Å². The molecule has 0 amide bonds. The number of piperidine rings is 1. The van der Waals surface area contributed by atoms with Crippen LogP contribution in [0.25, 0.3) is 0 Å². The standard InChI is InChI=1S/C11H14FN3O2/c12-10-4-3-8(6-11(10)15(16)17)14-9-2-1-5-13-7-9/h3-4,6,9,13-14H,1-2,5,7H2. The Morgan fingerprint density at radius 1 is 1.53 bits per heavy atom. The van der Waals surface area contributed by atoms with Crippen molar-refractivity contribution in [3.05, 3.63) is 34.1 Å². The third-order valence-electron chi connectivity index (χ3n) is 2.81. The third kappa shape index (κ3) is 2.91. The van der Waals surface area contributed by atoms with Crippen LogP contribution in [0.15, 0.2) is 18.2 Å². The molecule has 0 spiro atoms. The summed E-state index contributed by atoms with van der Waals surface area (Å²) in [6.45, 7) is 1.83. The zero-order valence-corrected chi connectivity index (χ0v) is 9.28. The molecule has 1 unspecified atom stereocenters. The van der Waals surface area contributed by atoms with E-state index in [-0.39, 0.29) is 6.04 Å². The SMILES string of the molecule is O=[N+]([O-])c1cc(NC2CCCNC2)ccc1F. The summed E-state index contributed by atoms with van der Waals surface area (Å²) in [6, 6.07) is 4.13. The van der Waals surface area contributed by atoms with Crippen LogP contribution < -0.4 is 10.6 Å². The molecule has 2 rings (SSSR count). The molecule has 0 saturated carbocycles. The van der Waals surface area contributed by atoms with Crippen LogP contribution in [-0.4, -0.2) is 24.1 Å². The number of nitrogens with zero attached hydrogens (tertiary/aromatic N) is 1. The first-order valence-electron chi connectivity index (χ1n) is 5.58. The Kier molecular flexibility index (Phi) is 3.53. The molecule has 6 heteroatoms. The van der Waals surface area contributed by atoms with E-state index in [0.29, 0.717) is 5.69 Å². The molecular formula is C11H14FN3O2. The lowest BCUT2D eigenvalue weighted by molar-refractivity contribution is -0.387. The minimum absolute atomic E-state index is 0.244. The van der Waals surface area contributed by atoms with Crippen molar-refractivity contribution >= 4 is 11.4 Å². The number of hydrogen-bond acceptors (Lipinski definition) is 4. The van der Waals surface area contributed by atoms with Gasteiger partial charge in [-0.3, -0.25) is 10.1 Å². The summed E-state index contributed by atoms with van der Waals surface area (Å²) < 4.78 is 13.1. The number of halogens is 1. The van der Waals surface area contributed by atoms with Gasteiger partial charge in [0.15, 0.2) is 0 Å². The Morgan fingerprint density at radius 3 is 3.00 bits per heavy atom. The predicted molar refractivity (Wildman–Crippen MR) is 62.6 cm³/mol. The van der Waals surface area contributed by atoms with Gasteiger partial charge in [0.1, 0.15) is 0 Å². The van der Waals surface area contributed by atoms with Gasteiger partial charge in [-0.15, -0.1) is 0 Å². The predicted octanol–water partition coefficient (Wildman–Crippen LogP) is 1.90. The zero-order valence-electron chi connectivity index (χ0n) is 9.28. The number of nitrogens with one attached hydrogen (secondary N) is 2. The quantitative estimate of drug-likeness (QED) is 0.624. The van der Waals surface area contributed by atoms with Crippen LogP contribution in [0, 0.1) is 15.9 Å². The molecule has 0 aromatic heterocycles. The van der Waals surface area contributed by atoms with Crippen molar-refractivity contribution in [2.75, 3.05) is 18.4 Å². The number of nitro groups is 1. The molecule has 1 aromatic carbocycles. The van der Waals surface area contributed by atoms with Gasteiger partial charge in [-0.25, -0.2) is 0 Å². The lowest BCUT2D eigenvalue weighted by atomic mass is 10.1. The van der Waals surface area contributed by atoms with Gasteiger partial charge in [0.05, 0.1) is 4.92 Å². The number of hydrogen-bond donors (Lipinski definition) is 2. The summed E-state index contributed by atoms with van der Waals surface area (Å²) in [5.74, 6) is -0.803. The molecule has 92 valence electrons. The van der Waals surface area contributed by atoms with Crippen molar-refractivity contribution in [3.8, 4) is 0 Å². The Morgan fingerprint density at radius 2 is 2.35 bits per heavy atom. The normalized spacial score (nSPS) is 19.9. The molecule has 5 nitrogen and oxygen atoms in total. The lowest BCUT2D eigenvalue weighted by Gasteiger charge is -2.24. The fraction of sp³-hybridized carbons (Fsp3) is 0.455.